The van der Waals surface area contributed by atoms with Gasteiger partial charge < -0.3 is 4.74 Å². The maximum Gasteiger partial charge on any atom is 0.162 e. The summed E-state index contributed by atoms with van der Waals surface area (Å²) in [5, 5.41) is 0. The van der Waals surface area contributed by atoms with E-state index in [2.05, 4.69) is 5.43 Å². The van der Waals surface area contributed by atoms with Crippen molar-refractivity contribution in [1.29, 1.82) is 0 Å². The number of benzene rings is 2. The highest BCUT2D eigenvalue weighted by Crippen LogP contribution is 2.22. The first-order valence-electron chi connectivity index (χ1n) is 6.18. The van der Waals surface area contributed by atoms with Crippen LogP contribution in [-0.2, 0) is 6.42 Å². The molecular weight excluding hydrogens is 262 g/mol. The summed E-state index contributed by atoms with van der Waals surface area (Å²) in [6.07, 6.45) is 0.256. The SMILES string of the molecule is COc1ccc(C(Cc2cccc(F)c2F)NN)cc1. The quantitative estimate of drug-likeness (QED) is 0.653. The monoisotopic (exact) mass is 278 g/mol. The van der Waals surface area contributed by atoms with Crippen molar-refractivity contribution in [3.05, 3.63) is 65.2 Å². The second-order valence-electron chi connectivity index (χ2n) is 4.41. The van der Waals surface area contributed by atoms with Crippen LogP contribution in [0.1, 0.15) is 17.2 Å². The smallest absolute Gasteiger partial charge is 0.162 e. The number of hydrazine groups is 1. The van der Waals surface area contributed by atoms with E-state index in [0.717, 1.165) is 17.4 Å². The first-order valence-corrected chi connectivity index (χ1v) is 6.18. The predicted molar refractivity (Wildman–Crippen MR) is 73.1 cm³/mol. The van der Waals surface area contributed by atoms with Crippen molar-refractivity contribution in [3.63, 3.8) is 0 Å². The molecule has 5 heteroatoms. The fourth-order valence-corrected chi connectivity index (χ4v) is 2.04. The lowest BCUT2D eigenvalue weighted by Gasteiger charge is -2.17. The van der Waals surface area contributed by atoms with Crippen molar-refractivity contribution in [1.82, 2.24) is 5.43 Å². The van der Waals surface area contributed by atoms with E-state index in [4.69, 9.17) is 10.6 Å². The van der Waals surface area contributed by atoms with Crippen LogP contribution in [0, 0.1) is 11.6 Å². The molecule has 0 aromatic heterocycles. The average Bonchev–Trinajstić information content (AvgIpc) is 2.49. The lowest BCUT2D eigenvalue weighted by molar-refractivity contribution is 0.414. The molecule has 0 amide bonds. The molecule has 2 aromatic carbocycles. The zero-order chi connectivity index (χ0) is 14.5. The van der Waals surface area contributed by atoms with Crippen LogP contribution in [0.15, 0.2) is 42.5 Å². The van der Waals surface area contributed by atoms with Crippen LogP contribution < -0.4 is 16.0 Å². The van der Waals surface area contributed by atoms with Crippen molar-refractivity contribution in [2.24, 2.45) is 5.84 Å². The first kappa shape index (κ1) is 14.4. The van der Waals surface area contributed by atoms with Gasteiger partial charge in [-0.25, -0.2) is 8.78 Å². The molecule has 106 valence electrons. The number of hydrogen-bond donors (Lipinski definition) is 2. The van der Waals surface area contributed by atoms with Gasteiger partial charge in [0.1, 0.15) is 5.75 Å². The molecule has 3 N–H and O–H groups in total. The number of hydrogen-bond acceptors (Lipinski definition) is 3. The molecule has 2 aromatic rings. The Morgan fingerprint density at radius 1 is 1.15 bits per heavy atom. The van der Waals surface area contributed by atoms with E-state index in [9.17, 15) is 8.78 Å². The summed E-state index contributed by atoms with van der Waals surface area (Å²) in [6.45, 7) is 0. The van der Waals surface area contributed by atoms with Gasteiger partial charge in [0.15, 0.2) is 11.6 Å². The highest BCUT2D eigenvalue weighted by atomic mass is 19.2. The molecule has 0 heterocycles. The Morgan fingerprint density at radius 3 is 2.45 bits per heavy atom. The summed E-state index contributed by atoms with van der Waals surface area (Å²) >= 11 is 0. The number of ether oxygens (including phenoxy) is 1. The molecule has 0 aliphatic carbocycles. The molecule has 0 radical (unpaired) electrons. The van der Waals surface area contributed by atoms with Gasteiger partial charge >= 0.3 is 0 Å². The van der Waals surface area contributed by atoms with Gasteiger partial charge in [0, 0.05) is 0 Å². The fourth-order valence-electron chi connectivity index (χ4n) is 2.04. The summed E-state index contributed by atoms with van der Waals surface area (Å²) in [5.41, 5.74) is 3.77. The van der Waals surface area contributed by atoms with E-state index >= 15 is 0 Å². The minimum Gasteiger partial charge on any atom is -0.497 e. The standard InChI is InChI=1S/C15H16F2N2O/c1-20-12-7-5-10(6-8-12)14(19-18)9-11-3-2-4-13(16)15(11)17/h2-8,14,19H,9,18H2,1H3. The normalized spacial score (nSPS) is 12.2. The minimum absolute atomic E-state index is 0.256. The second kappa shape index (κ2) is 6.45. The molecule has 20 heavy (non-hydrogen) atoms. The Kier molecular flexibility index (Phi) is 4.65. The molecular formula is C15H16F2N2O. The first-order chi connectivity index (χ1) is 9.65. The van der Waals surface area contributed by atoms with Gasteiger partial charge in [0.05, 0.1) is 13.2 Å². The third-order valence-corrected chi connectivity index (χ3v) is 3.17. The topological polar surface area (TPSA) is 47.3 Å². The van der Waals surface area contributed by atoms with E-state index in [-0.39, 0.29) is 18.0 Å². The Bertz CT molecular complexity index is 573. The fraction of sp³-hybridized carbons (Fsp3) is 0.200. The van der Waals surface area contributed by atoms with Gasteiger partial charge in [-0.15, -0.1) is 0 Å². The summed E-state index contributed by atoms with van der Waals surface area (Å²) in [6, 6.07) is 11.1. The summed E-state index contributed by atoms with van der Waals surface area (Å²) < 4.78 is 31.9. The largest absolute Gasteiger partial charge is 0.497 e. The maximum absolute atomic E-state index is 13.7. The Balaban J connectivity index is 2.21. The van der Waals surface area contributed by atoms with Gasteiger partial charge in [-0.1, -0.05) is 24.3 Å². The number of rotatable bonds is 5. The van der Waals surface area contributed by atoms with Gasteiger partial charge in [-0.05, 0) is 35.7 Å². The number of methoxy groups -OCH3 is 1. The predicted octanol–water partition coefficient (Wildman–Crippen LogP) is 2.72. The third kappa shape index (κ3) is 3.12. The van der Waals surface area contributed by atoms with Gasteiger partial charge in [-0.2, -0.15) is 0 Å². The van der Waals surface area contributed by atoms with Gasteiger partial charge in [-0.3, -0.25) is 11.3 Å². The average molecular weight is 278 g/mol. The lowest BCUT2D eigenvalue weighted by Crippen LogP contribution is -2.29. The molecule has 0 bridgehead atoms. The van der Waals surface area contributed by atoms with Crippen LogP contribution >= 0.6 is 0 Å². The van der Waals surface area contributed by atoms with E-state index in [1.165, 1.54) is 6.07 Å². The molecule has 1 atom stereocenters. The number of nitrogens with two attached hydrogens (primary N) is 1. The van der Waals surface area contributed by atoms with Crippen LogP contribution in [-0.4, -0.2) is 7.11 Å². The van der Waals surface area contributed by atoms with Crippen molar-refractivity contribution < 1.29 is 13.5 Å². The van der Waals surface area contributed by atoms with E-state index in [0.29, 0.717) is 0 Å². The van der Waals surface area contributed by atoms with E-state index in [1.54, 1.807) is 25.3 Å². The van der Waals surface area contributed by atoms with Crippen LogP contribution in [0.3, 0.4) is 0 Å². The maximum atomic E-state index is 13.7. The molecule has 0 saturated carbocycles. The van der Waals surface area contributed by atoms with Gasteiger partial charge in [0.2, 0.25) is 0 Å². The Labute approximate surface area is 116 Å². The Morgan fingerprint density at radius 2 is 1.85 bits per heavy atom. The molecule has 0 fully saturated rings. The van der Waals surface area contributed by atoms with Crippen LogP contribution in [0.2, 0.25) is 0 Å². The number of halogens is 2. The molecule has 2 rings (SSSR count). The highest BCUT2D eigenvalue weighted by Gasteiger charge is 2.15. The zero-order valence-electron chi connectivity index (χ0n) is 11.1. The summed E-state index contributed by atoms with van der Waals surface area (Å²) in [4.78, 5) is 0. The molecule has 0 spiro atoms. The van der Waals surface area contributed by atoms with Crippen LogP contribution in [0.5, 0.6) is 5.75 Å². The van der Waals surface area contributed by atoms with Crippen LogP contribution in [0.4, 0.5) is 8.78 Å². The third-order valence-electron chi connectivity index (χ3n) is 3.17. The summed E-state index contributed by atoms with van der Waals surface area (Å²) in [5.74, 6) is 4.55. The lowest BCUT2D eigenvalue weighted by atomic mass is 9.99. The van der Waals surface area contributed by atoms with Gasteiger partial charge in [0.25, 0.3) is 0 Å². The minimum atomic E-state index is -0.854. The molecule has 3 nitrogen and oxygen atoms in total. The molecule has 0 aliphatic heterocycles. The van der Waals surface area contributed by atoms with E-state index in [1.807, 2.05) is 12.1 Å². The molecule has 1 unspecified atom stereocenters. The Hall–Kier alpha value is -1.98. The zero-order valence-corrected chi connectivity index (χ0v) is 11.1. The van der Waals surface area contributed by atoms with Crippen molar-refractivity contribution >= 4 is 0 Å². The van der Waals surface area contributed by atoms with Crippen molar-refractivity contribution in [2.75, 3.05) is 7.11 Å². The molecule has 0 aliphatic rings. The second-order valence-corrected chi connectivity index (χ2v) is 4.41. The van der Waals surface area contributed by atoms with E-state index < -0.39 is 11.6 Å². The summed E-state index contributed by atoms with van der Waals surface area (Å²) in [7, 11) is 1.58. The molecule has 0 saturated heterocycles. The van der Waals surface area contributed by atoms with Crippen LogP contribution in [0.25, 0.3) is 0 Å². The highest BCUT2D eigenvalue weighted by molar-refractivity contribution is 5.30. The van der Waals surface area contributed by atoms with Crippen molar-refractivity contribution in [2.45, 2.75) is 12.5 Å². The van der Waals surface area contributed by atoms with Crippen molar-refractivity contribution in [3.8, 4) is 5.75 Å². The number of nitrogens with one attached hydrogen (secondary N) is 1.